The average Bonchev–Trinajstić information content (AvgIpc) is 2.16. The summed E-state index contributed by atoms with van der Waals surface area (Å²) in [5, 5.41) is 9.20. The molecule has 0 aromatic heterocycles. The Morgan fingerprint density at radius 3 is 2.29 bits per heavy atom. The second-order valence-electron chi connectivity index (χ2n) is 2.92. The lowest BCUT2D eigenvalue weighted by Gasteiger charge is -2.19. The van der Waals surface area contributed by atoms with Gasteiger partial charge in [-0.3, -0.25) is 0 Å². The van der Waals surface area contributed by atoms with Gasteiger partial charge in [0.25, 0.3) is 0 Å². The molecule has 14 heavy (non-hydrogen) atoms. The first-order valence-electron chi connectivity index (χ1n) is 4.26. The molecule has 0 radical (unpaired) electrons. The summed E-state index contributed by atoms with van der Waals surface area (Å²) < 4.78 is 22.6. The highest BCUT2D eigenvalue weighted by atomic mass is 19.1. The normalized spacial score (nSPS) is 14.9. The minimum absolute atomic E-state index is 0.330. The molecule has 3 nitrogen and oxygen atoms in total. The Labute approximate surface area is 82.1 Å². The monoisotopic (exact) mass is 200 g/mol. The predicted octanol–water partition coefficient (Wildman–Crippen LogP) is 1.56. The van der Waals surface area contributed by atoms with Crippen molar-refractivity contribution in [3.8, 4) is 5.75 Å². The van der Waals surface area contributed by atoms with Gasteiger partial charge in [-0.1, -0.05) is 0 Å². The number of aliphatic hydroxyl groups is 1. The van der Waals surface area contributed by atoms with E-state index >= 15 is 0 Å². The third-order valence-corrected chi connectivity index (χ3v) is 1.69. The first-order chi connectivity index (χ1) is 6.63. The molecule has 0 aliphatic heterocycles. The molecule has 0 bridgehead atoms. The molecular formula is C10H13FO3. The molecule has 78 valence electrons. The SMILES string of the molecule is COC(Oc1ccc(F)cc1)C(C)O. The van der Waals surface area contributed by atoms with Gasteiger partial charge >= 0.3 is 0 Å². The number of benzene rings is 1. The highest BCUT2D eigenvalue weighted by molar-refractivity contribution is 5.22. The van der Waals surface area contributed by atoms with Crippen molar-refractivity contribution < 1.29 is 19.0 Å². The molecule has 4 heteroatoms. The van der Waals surface area contributed by atoms with Gasteiger partial charge in [-0.15, -0.1) is 0 Å². The Balaban J connectivity index is 2.63. The Kier molecular flexibility index (Phi) is 3.85. The van der Waals surface area contributed by atoms with Crippen LogP contribution in [-0.4, -0.2) is 24.6 Å². The van der Waals surface area contributed by atoms with Crippen molar-refractivity contribution in [2.75, 3.05) is 7.11 Å². The molecular weight excluding hydrogens is 187 g/mol. The van der Waals surface area contributed by atoms with Crippen molar-refractivity contribution in [1.29, 1.82) is 0 Å². The average molecular weight is 200 g/mol. The molecule has 0 saturated heterocycles. The van der Waals surface area contributed by atoms with Crippen LogP contribution >= 0.6 is 0 Å². The Hall–Kier alpha value is -1.13. The second kappa shape index (κ2) is 4.93. The minimum Gasteiger partial charge on any atom is -0.462 e. The van der Waals surface area contributed by atoms with Gasteiger partial charge < -0.3 is 14.6 Å². The molecule has 0 aliphatic rings. The van der Waals surface area contributed by atoms with E-state index in [0.29, 0.717) is 5.75 Å². The molecule has 2 unspecified atom stereocenters. The van der Waals surface area contributed by atoms with Crippen LogP contribution in [0.5, 0.6) is 5.75 Å². The molecule has 0 heterocycles. The van der Waals surface area contributed by atoms with E-state index in [4.69, 9.17) is 9.47 Å². The number of aliphatic hydroxyl groups excluding tert-OH is 1. The van der Waals surface area contributed by atoms with E-state index in [-0.39, 0.29) is 5.82 Å². The third-order valence-electron chi connectivity index (χ3n) is 1.69. The van der Waals surface area contributed by atoms with Crippen LogP contribution < -0.4 is 4.74 Å². The quantitative estimate of drug-likeness (QED) is 0.749. The first kappa shape index (κ1) is 10.9. The zero-order chi connectivity index (χ0) is 10.6. The smallest absolute Gasteiger partial charge is 0.225 e. The van der Waals surface area contributed by atoms with Crippen LogP contribution in [0.3, 0.4) is 0 Å². The van der Waals surface area contributed by atoms with Gasteiger partial charge in [0.05, 0.1) is 0 Å². The summed E-state index contributed by atoms with van der Waals surface area (Å²) in [6, 6.07) is 5.52. The maximum Gasteiger partial charge on any atom is 0.225 e. The zero-order valence-corrected chi connectivity index (χ0v) is 8.11. The molecule has 1 aromatic rings. The fraction of sp³-hybridized carbons (Fsp3) is 0.400. The number of hydrogen-bond donors (Lipinski definition) is 1. The van der Waals surface area contributed by atoms with E-state index < -0.39 is 12.4 Å². The van der Waals surface area contributed by atoms with Crippen LogP contribution in [0.4, 0.5) is 4.39 Å². The number of rotatable bonds is 4. The molecule has 0 aliphatic carbocycles. The maximum atomic E-state index is 12.5. The lowest BCUT2D eigenvalue weighted by Crippen LogP contribution is -2.30. The second-order valence-corrected chi connectivity index (χ2v) is 2.92. The summed E-state index contributed by atoms with van der Waals surface area (Å²) in [5.41, 5.74) is 0. The highest BCUT2D eigenvalue weighted by Gasteiger charge is 2.15. The molecule has 1 rings (SSSR count). The van der Waals surface area contributed by atoms with E-state index in [1.54, 1.807) is 6.92 Å². The van der Waals surface area contributed by atoms with Crippen LogP contribution in [-0.2, 0) is 4.74 Å². The summed E-state index contributed by atoms with van der Waals surface area (Å²) in [6.45, 7) is 1.55. The Bertz CT molecular complexity index is 271. The van der Waals surface area contributed by atoms with Gasteiger partial charge in [0, 0.05) is 7.11 Å². The van der Waals surface area contributed by atoms with Crippen LogP contribution in [0.25, 0.3) is 0 Å². The summed E-state index contributed by atoms with van der Waals surface area (Å²) in [5.74, 6) is 0.127. The number of halogens is 1. The molecule has 1 aromatic carbocycles. The summed E-state index contributed by atoms with van der Waals surface area (Å²) >= 11 is 0. The van der Waals surface area contributed by atoms with Gasteiger partial charge in [-0.25, -0.2) is 4.39 Å². The first-order valence-corrected chi connectivity index (χ1v) is 4.26. The topological polar surface area (TPSA) is 38.7 Å². The predicted molar refractivity (Wildman–Crippen MR) is 49.5 cm³/mol. The fourth-order valence-electron chi connectivity index (χ4n) is 0.991. The van der Waals surface area contributed by atoms with Crippen molar-refractivity contribution in [3.05, 3.63) is 30.1 Å². The number of methoxy groups -OCH3 is 1. The summed E-state index contributed by atoms with van der Waals surface area (Å²) in [7, 11) is 1.43. The molecule has 0 spiro atoms. The zero-order valence-electron chi connectivity index (χ0n) is 8.11. The molecule has 0 fully saturated rings. The van der Waals surface area contributed by atoms with Gasteiger partial charge in [0.2, 0.25) is 6.29 Å². The van der Waals surface area contributed by atoms with E-state index in [9.17, 15) is 9.50 Å². The van der Waals surface area contributed by atoms with Crippen molar-refractivity contribution in [3.63, 3.8) is 0 Å². The van der Waals surface area contributed by atoms with E-state index in [1.165, 1.54) is 31.4 Å². The van der Waals surface area contributed by atoms with Crippen LogP contribution in [0, 0.1) is 5.82 Å². The maximum absolute atomic E-state index is 12.5. The van der Waals surface area contributed by atoms with Gasteiger partial charge in [-0.2, -0.15) is 0 Å². The highest BCUT2D eigenvalue weighted by Crippen LogP contribution is 2.14. The lowest BCUT2D eigenvalue weighted by molar-refractivity contribution is -0.120. The Morgan fingerprint density at radius 1 is 1.29 bits per heavy atom. The van der Waals surface area contributed by atoms with E-state index in [0.717, 1.165) is 0 Å². The third kappa shape index (κ3) is 2.97. The Morgan fingerprint density at radius 2 is 1.86 bits per heavy atom. The van der Waals surface area contributed by atoms with Crippen LogP contribution in [0.2, 0.25) is 0 Å². The van der Waals surface area contributed by atoms with Crippen molar-refractivity contribution in [2.45, 2.75) is 19.3 Å². The van der Waals surface area contributed by atoms with Gasteiger partial charge in [0.15, 0.2) is 0 Å². The van der Waals surface area contributed by atoms with Crippen LogP contribution in [0.15, 0.2) is 24.3 Å². The molecule has 0 amide bonds. The molecule has 2 atom stereocenters. The van der Waals surface area contributed by atoms with Crippen molar-refractivity contribution >= 4 is 0 Å². The number of ether oxygens (including phenoxy) is 2. The van der Waals surface area contributed by atoms with Gasteiger partial charge in [-0.05, 0) is 31.2 Å². The van der Waals surface area contributed by atoms with Gasteiger partial charge in [0.1, 0.15) is 17.7 Å². The number of hydrogen-bond acceptors (Lipinski definition) is 3. The van der Waals surface area contributed by atoms with E-state index in [1.807, 2.05) is 0 Å². The van der Waals surface area contributed by atoms with E-state index in [2.05, 4.69) is 0 Å². The summed E-state index contributed by atoms with van der Waals surface area (Å²) in [6.07, 6.45) is -1.48. The molecule has 1 N–H and O–H groups in total. The van der Waals surface area contributed by atoms with Crippen molar-refractivity contribution in [1.82, 2.24) is 0 Å². The lowest BCUT2D eigenvalue weighted by atomic mass is 10.3. The standard InChI is InChI=1S/C10H13FO3/c1-7(12)10(13-2)14-9-5-3-8(11)4-6-9/h3-7,10,12H,1-2H3. The minimum atomic E-state index is -0.745. The largest absolute Gasteiger partial charge is 0.462 e. The fourth-order valence-corrected chi connectivity index (χ4v) is 0.991. The van der Waals surface area contributed by atoms with Crippen LogP contribution in [0.1, 0.15) is 6.92 Å². The summed E-state index contributed by atoms with van der Waals surface area (Å²) in [4.78, 5) is 0. The molecule has 0 saturated carbocycles. The van der Waals surface area contributed by atoms with Crippen molar-refractivity contribution in [2.24, 2.45) is 0 Å².